The molecule has 0 saturated heterocycles. The Kier molecular flexibility index (Phi) is 3.73. The van der Waals surface area contributed by atoms with Gasteiger partial charge in [0.2, 0.25) is 0 Å². The number of rotatable bonds is 5. The van der Waals surface area contributed by atoms with E-state index in [2.05, 4.69) is 47.9 Å². The Labute approximate surface area is 96.3 Å². The molecule has 0 bridgehead atoms. The van der Waals surface area contributed by atoms with Gasteiger partial charge in [0.25, 0.3) is 0 Å². The highest BCUT2D eigenvalue weighted by molar-refractivity contribution is 7.80. The SMILES string of the molecule is SCCCCCc1cc2ccccc2[nH]1. The van der Waals surface area contributed by atoms with Crippen LogP contribution in [-0.4, -0.2) is 10.7 Å². The summed E-state index contributed by atoms with van der Waals surface area (Å²) in [5.41, 5.74) is 2.61. The molecule has 2 heteroatoms. The number of H-pyrrole nitrogens is 1. The van der Waals surface area contributed by atoms with Crippen LogP contribution in [0.25, 0.3) is 10.9 Å². The Morgan fingerprint density at radius 3 is 2.73 bits per heavy atom. The zero-order chi connectivity index (χ0) is 10.5. The molecule has 0 saturated carbocycles. The van der Waals surface area contributed by atoms with Crippen molar-refractivity contribution in [2.75, 3.05) is 5.75 Å². The largest absolute Gasteiger partial charge is 0.358 e. The normalized spacial score (nSPS) is 11.0. The molecule has 1 N–H and O–H groups in total. The number of aryl methyl sites for hydroxylation is 1. The van der Waals surface area contributed by atoms with Crippen molar-refractivity contribution in [2.24, 2.45) is 0 Å². The number of hydrogen-bond acceptors (Lipinski definition) is 1. The van der Waals surface area contributed by atoms with Crippen LogP contribution >= 0.6 is 12.6 Å². The molecule has 0 unspecified atom stereocenters. The van der Waals surface area contributed by atoms with Crippen molar-refractivity contribution in [3.05, 3.63) is 36.0 Å². The van der Waals surface area contributed by atoms with Gasteiger partial charge in [0.15, 0.2) is 0 Å². The summed E-state index contributed by atoms with van der Waals surface area (Å²) in [6.45, 7) is 0. The number of para-hydroxylation sites is 1. The van der Waals surface area contributed by atoms with Crippen molar-refractivity contribution >= 4 is 23.5 Å². The smallest absolute Gasteiger partial charge is 0.0456 e. The Morgan fingerprint density at radius 2 is 1.93 bits per heavy atom. The molecule has 1 nitrogen and oxygen atoms in total. The first-order valence-corrected chi connectivity index (χ1v) is 6.21. The van der Waals surface area contributed by atoms with Crippen LogP contribution in [0.5, 0.6) is 0 Å². The maximum absolute atomic E-state index is 4.21. The molecular weight excluding hydrogens is 202 g/mol. The summed E-state index contributed by atoms with van der Waals surface area (Å²) >= 11 is 4.21. The molecule has 1 heterocycles. The lowest BCUT2D eigenvalue weighted by atomic mass is 10.1. The summed E-state index contributed by atoms with van der Waals surface area (Å²) in [6.07, 6.45) is 4.91. The predicted molar refractivity (Wildman–Crippen MR) is 69.7 cm³/mol. The first-order chi connectivity index (χ1) is 7.40. The molecule has 0 amide bonds. The zero-order valence-corrected chi connectivity index (χ0v) is 9.76. The molecule has 1 aromatic heterocycles. The standard InChI is InChI=1S/C13H17NS/c15-9-5-1-2-7-12-10-11-6-3-4-8-13(11)14-12/h3-4,6,8,10,14-15H,1-2,5,7,9H2. The lowest BCUT2D eigenvalue weighted by Crippen LogP contribution is -1.85. The van der Waals surface area contributed by atoms with Crippen molar-refractivity contribution < 1.29 is 0 Å². The second-order valence-corrected chi connectivity index (χ2v) is 4.36. The highest BCUT2D eigenvalue weighted by Gasteiger charge is 1.99. The van der Waals surface area contributed by atoms with E-state index in [1.807, 2.05) is 0 Å². The van der Waals surface area contributed by atoms with E-state index < -0.39 is 0 Å². The van der Waals surface area contributed by atoms with Crippen molar-refractivity contribution in [3.63, 3.8) is 0 Å². The minimum atomic E-state index is 1.01. The van der Waals surface area contributed by atoms with Crippen molar-refractivity contribution in [2.45, 2.75) is 25.7 Å². The Hall–Kier alpha value is -0.890. The molecule has 0 aliphatic carbocycles. The van der Waals surface area contributed by atoms with Gasteiger partial charge in [-0.05, 0) is 42.5 Å². The highest BCUT2D eigenvalue weighted by atomic mass is 32.1. The maximum Gasteiger partial charge on any atom is 0.0456 e. The second kappa shape index (κ2) is 5.26. The number of benzene rings is 1. The van der Waals surface area contributed by atoms with E-state index in [0.29, 0.717) is 0 Å². The molecule has 0 radical (unpaired) electrons. The van der Waals surface area contributed by atoms with Crippen LogP contribution in [0, 0.1) is 0 Å². The fourth-order valence-electron chi connectivity index (χ4n) is 1.87. The molecule has 0 aliphatic rings. The van der Waals surface area contributed by atoms with E-state index >= 15 is 0 Å². The van der Waals surface area contributed by atoms with E-state index in [9.17, 15) is 0 Å². The van der Waals surface area contributed by atoms with Gasteiger partial charge in [-0.15, -0.1) is 0 Å². The summed E-state index contributed by atoms with van der Waals surface area (Å²) < 4.78 is 0. The summed E-state index contributed by atoms with van der Waals surface area (Å²) in [7, 11) is 0. The van der Waals surface area contributed by atoms with Crippen LogP contribution in [0.2, 0.25) is 0 Å². The van der Waals surface area contributed by atoms with Crippen LogP contribution in [0.3, 0.4) is 0 Å². The summed E-state index contributed by atoms with van der Waals surface area (Å²) in [5.74, 6) is 1.01. The second-order valence-electron chi connectivity index (χ2n) is 3.92. The van der Waals surface area contributed by atoms with Crippen LogP contribution < -0.4 is 0 Å². The average molecular weight is 219 g/mol. The van der Waals surface area contributed by atoms with E-state index in [0.717, 1.165) is 12.2 Å². The van der Waals surface area contributed by atoms with Crippen molar-refractivity contribution in [3.8, 4) is 0 Å². The lowest BCUT2D eigenvalue weighted by molar-refractivity contribution is 0.716. The van der Waals surface area contributed by atoms with E-state index in [1.54, 1.807) is 0 Å². The van der Waals surface area contributed by atoms with Gasteiger partial charge >= 0.3 is 0 Å². The van der Waals surface area contributed by atoms with E-state index in [4.69, 9.17) is 0 Å². The number of unbranched alkanes of at least 4 members (excludes halogenated alkanes) is 2. The van der Waals surface area contributed by atoms with Crippen LogP contribution in [-0.2, 0) is 6.42 Å². The maximum atomic E-state index is 4.21. The topological polar surface area (TPSA) is 15.8 Å². The number of aromatic amines is 1. The van der Waals surface area contributed by atoms with Gasteiger partial charge in [0.05, 0.1) is 0 Å². The minimum absolute atomic E-state index is 1.01. The van der Waals surface area contributed by atoms with Crippen LogP contribution in [0.4, 0.5) is 0 Å². The van der Waals surface area contributed by atoms with Crippen molar-refractivity contribution in [1.82, 2.24) is 4.98 Å². The summed E-state index contributed by atoms with van der Waals surface area (Å²) in [4.78, 5) is 3.45. The van der Waals surface area contributed by atoms with Crippen LogP contribution in [0.15, 0.2) is 30.3 Å². The van der Waals surface area contributed by atoms with Gasteiger partial charge < -0.3 is 4.98 Å². The number of fused-ring (bicyclic) bond motifs is 1. The molecule has 0 fully saturated rings. The third-order valence-electron chi connectivity index (χ3n) is 2.69. The number of aromatic nitrogens is 1. The fraction of sp³-hybridized carbons (Fsp3) is 0.385. The Morgan fingerprint density at radius 1 is 1.07 bits per heavy atom. The monoisotopic (exact) mass is 219 g/mol. The number of nitrogens with one attached hydrogen (secondary N) is 1. The van der Waals surface area contributed by atoms with Crippen molar-refractivity contribution in [1.29, 1.82) is 0 Å². The van der Waals surface area contributed by atoms with Gasteiger partial charge in [0.1, 0.15) is 0 Å². The lowest BCUT2D eigenvalue weighted by Gasteiger charge is -1.96. The fourth-order valence-corrected chi connectivity index (χ4v) is 2.10. The Balaban J connectivity index is 1.97. The molecule has 0 atom stereocenters. The van der Waals surface area contributed by atoms with E-state index in [-0.39, 0.29) is 0 Å². The molecule has 0 aliphatic heterocycles. The first kappa shape index (κ1) is 10.6. The van der Waals surface area contributed by atoms with Gasteiger partial charge in [-0.3, -0.25) is 0 Å². The Bertz CT molecular complexity index is 386. The third kappa shape index (κ3) is 2.78. The summed E-state index contributed by atoms with van der Waals surface area (Å²) in [5, 5.41) is 1.32. The molecule has 1 aromatic carbocycles. The summed E-state index contributed by atoms with van der Waals surface area (Å²) in [6, 6.07) is 10.7. The van der Waals surface area contributed by atoms with Crippen LogP contribution in [0.1, 0.15) is 25.0 Å². The average Bonchev–Trinajstić information content (AvgIpc) is 2.67. The molecule has 15 heavy (non-hydrogen) atoms. The van der Waals surface area contributed by atoms with Gasteiger partial charge in [-0.2, -0.15) is 12.6 Å². The van der Waals surface area contributed by atoms with E-state index in [1.165, 1.54) is 35.9 Å². The number of hydrogen-bond donors (Lipinski definition) is 2. The minimum Gasteiger partial charge on any atom is -0.358 e. The molecule has 0 spiro atoms. The van der Waals surface area contributed by atoms with Gasteiger partial charge in [-0.1, -0.05) is 24.6 Å². The first-order valence-electron chi connectivity index (χ1n) is 5.57. The molecular formula is C13H17NS. The number of thiol groups is 1. The zero-order valence-electron chi connectivity index (χ0n) is 8.87. The third-order valence-corrected chi connectivity index (χ3v) is 3.01. The quantitative estimate of drug-likeness (QED) is 0.562. The molecule has 2 rings (SSSR count). The molecule has 2 aromatic rings. The van der Waals surface area contributed by atoms with Gasteiger partial charge in [-0.25, -0.2) is 0 Å². The predicted octanol–water partition coefficient (Wildman–Crippen LogP) is 3.81. The highest BCUT2D eigenvalue weighted by Crippen LogP contribution is 2.16. The van der Waals surface area contributed by atoms with Gasteiger partial charge in [0, 0.05) is 11.2 Å². The molecule has 80 valence electrons.